The van der Waals surface area contributed by atoms with Crippen LogP contribution in [0, 0.1) is 0 Å². The van der Waals surface area contributed by atoms with Crippen molar-refractivity contribution in [2.24, 2.45) is 0 Å². The average Bonchev–Trinajstić information content (AvgIpc) is 2.68. The van der Waals surface area contributed by atoms with Gasteiger partial charge in [-0.05, 0) is 71.6 Å². The number of ether oxygens (including phenoxy) is 2. The second-order valence-electron chi connectivity index (χ2n) is 7.53. The van der Waals surface area contributed by atoms with E-state index in [0.29, 0.717) is 11.5 Å². The number of hydrogen-bond donors (Lipinski definition) is 0. The molecule has 0 saturated heterocycles. The largest absolute Gasteiger partial charge is 0.497 e. The molecule has 0 heterocycles. The molecule has 0 aliphatic carbocycles. The summed E-state index contributed by atoms with van der Waals surface area (Å²) in [4.78, 5) is 0.516. The summed E-state index contributed by atoms with van der Waals surface area (Å²) in [6, 6.07) is 20.7. The molecule has 0 aliphatic rings. The molecule has 0 bridgehead atoms. The highest BCUT2D eigenvalue weighted by molar-refractivity contribution is 7.91. The van der Waals surface area contributed by atoms with E-state index in [9.17, 15) is 8.42 Å². The summed E-state index contributed by atoms with van der Waals surface area (Å²) >= 11 is 0. The zero-order chi connectivity index (χ0) is 20.4. The number of hydrogen-bond acceptors (Lipinski definition) is 4. The normalized spacial score (nSPS) is 11.9. The van der Waals surface area contributed by atoms with Crippen molar-refractivity contribution in [2.45, 2.75) is 36.0 Å². The van der Waals surface area contributed by atoms with Crippen LogP contribution in [0.5, 0.6) is 17.2 Å². The molecule has 28 heavy (non-hydrogen) atoms. The lowest BCUT2D eigenvalue weighted by Gasteiger charge is -2.19. The van der Waals surface area contributed by atoms with Crippen LogP contribution >= 0.6 is 0 Å². The molecule has 0 aliphatic heterocycles. The molecule has 5 heteroatoms. The van der Waals surface area contributed by atoms with Gasteiger partial charge in [-0.25, -0.2) is 8.42 Å². The van der Waals surface area contributed by atoms with Gasteiger partial charge >= 0.3 is 0 Å². The van der Waals surface area contributed by atoms with E-state index in [1.54, 1.807) is 67.8 Å². The lowest BCUT2D eigenvalue weighted by Crippen LogP contribution is -2.11. The van der Waals surface area contributed by atoms with Gasteiger partial charge in [0.1, 0.15) is 17.2 Å². The maximum Gasteiger partial charge on any atom is 0.206 e. The van der Waals surface area contributed by atoms with Crippen molar-refractivity contribution in [3.63, 3.8) is 0 Å². The van der Waals surface area contributed by atoms with E-state index >= 15 is 0 Å². The Labute approximate surface area is 166 Å². The summed E-state index contributed by atoms with van der Waals surface area (Å²) in [6.07, 6.45) is 0. The van der Waals surface area contributed by atoms with Gasteiger partial charge < -0.3 is 9.47 Å². The average molecular weight is 397 g/mol. The standard InChI is InChI=1S/C23H24O4S/c1-23(2,3)17-5-13-21(14-6-17)28(24,25)22-15-11-20(12-16-22)27-19-9-7-18(26-4)8-10-19/h5-16H,1-4H3. The van der Waals surface area contributed by atoms with Gasteiger partial charge in [-0.1, -0.05) is 32.9 Å². The molecular formula is C23H24O4S. The van der Waals surface area contributed by atoms with Crippen molar-refractivity contribution in [2.75, 3.05) is 7.11 Å². The van der Waals surface area contributed by atoms with E-state index in [2.05, 4.69) is 20.8 Å². The Morgan fingerprint density at radius 1 is 0.643 bits per heavy atom. The SMILES string of the molecule is COc1ccc(Oc2ccc(S(=O)(=O)c3ccc(C(C)(C)C)cc3)cc2)cc1. The van der Waals surface area contributed by atoms with Gasteiger partial charge in [0.25, 0.3) is 0 Å². The second kappa shape index (κ2) is 7.68. The minimum Gasteiger partial charge on any atom is -0.497 e. The number of rotatable bonds is 5. The summed E-state index contributed by atoms with van der Waals surface area (Å²) in [7, 11) is -1.97. The van der Waals surface area contributed by atoms with E-state index in [-0.39, 0.29) is 15.2 Å². The van der Waals surface area contributed by atoms with Crippen LogP contribution < -0.4 is 9.47 Å². The molecular weight excluding hydrogens is 372 g/mol. The minimum atomic E-state index is -3.57. The van der Waals surface area contributed by atoms with Crippen LogP contribution in [0.2, 0.25) is 0 Å². The van der Waals surface area contributed by atoms with E-state index in [1.165, 1.54) is 0 Å². The zero-order valence-electron chi connectivity index (χ0n) is 16.5. The van der Waals surface area contributed by atoms with Gasteiger partial charge in [0.15, 0.2) is 0 Å². The van der Waals surface area contributed by atoms with Gasteiger partial charge in [0, 0.05) is 0 Å². The topological polar surface area (TPSA) is 52.6 Å². The maximum atomic E-state index is 12.9. The number of sulfone groups is 1. The monoisotopic (exact) mass is 396 g/mol. The van der Waals surface area contributed by atoms with Gasteiger partial charge in [-0.3, -0.25) is 0 Å². The summed E-state index contributed by atoms with van der Waals surface area (Å²) < 4.78 is 36.6. The van der Waals surface area contributed by atoms with Crippen molar-refractivity contribution in [1.82, 2.24) is 0 Å². The number of benzene rings is 3. The Hall–Kier alpha value is -2.79. The van der Waals surface area contributed by atoms with Crippen LogP contribution in [0.25, 0.3) is 0 Å². The highest BCUT2D eigenvalue weighted by atomic mass is 32.2. The summed E-state index contributed by atoms with van der Waals surface area (Å²) in [6.45, 7) is 6.29. The molecule has 3 aromatic carbocycles. The van der Waals surface area contributed by atoms with Crippen molar-refractivity contribution >= 4 is 9.84 Å². The van der Waals surface area contributed by atoms with Gasteiger partial charge in [-0.2, -0.15) is 0 Å². The molecule has 3 aromatic rings. The Morgan fingerprint density at radius 2 is 1.04 bits per heavy atom. The number of methoxy groups -OCH3 is 1. The lowest BCUT2D eigenvalue weighted by molar-refractivity contribution is 0.413. The molecule has 4 nitrogen and oxygen atoms in total. The Kier molecular flexibility index (Phi) is 5.47. The van der Waals surface area contributed by atoms with Crippen LogP contribution in [0.15, 0.2) is 82.6 Å². The van der Waals surface area contributed by atoms with E-state index in [0.717, 1.165) is 11.3 Å². The molecule has 0 N–H and O–H groups in total. The van der Waals surface area contributed by atoms with Gasteiger partial charge in [-0.15, -0.1) is 0 Å². The third-order valence-electron chi connectivity index (χ3n) is 4.46. The first-order valence-electron chi connectivity index (χ1n) is 8.98. The van der Waals surface area contributed by atoms with Gasteiger partial charge in [0.2, 0.25) is 9.84 Å². The molecule has 3 rings (SSSR count). The van der Waals surface area contributed by atoms with Crippen LogP contribution in [0.1, 0.15) is 26.3 Å². The zero-order valence-corrected chi connectivity index (χ0v) is 17.3. The second-order valence-corrected chi connectivity index (χ2v) is 9.48. The fourth-order valence-electron chi connectivity index (χ4n) is 2.74. The Bertz CT molecular complexity index is 1030. The van der Waals surface area contributed by atoms with Crippen LogP contribution in [-0.4, -0.2) is 15.5 Å². The minimum absolute atomic E-state index is 0.0251. The predicted octanol–water partition coefficient (Wildman–Crippen LogP) is 5.62. The van der Waals surface area contributed by atoms with Crippen molar-refractivity contribution in [1.29, 1.82) is 0 Å². The van der Waals surface area contributed by atoms with Crippen LogP contribution in [-0.2, 0) is 15.3 Å². The molecule has 0 unspecified atom stereocenters. The summed E-state index contributed by atoms with van der Waals surface area (Å²) in [5.74, 6) is 1.95. The Morgan fingerprint density at radius 3 is 1.46 bits per heavy atom. The van der Waals surface area contributed by atoms with E-state index < -0.39 is 9.84 Å². The molecule has 0 saturated carbocycles. The molecule has 0 aromatic heterocycles. The summed E-state index contributed by atoms with van der Waals surface area (Å²) in [5, 5.41) is 0. The van der Waals surface area contributed by atoms with Crippen molar-refractivity contribution < 1.29 is 17.9 Å². The quantitative estimate of drug-likeness (QED) is 0.562. The molecule has 0 amide bonds. The third-order valence-corrected chi connectivity index (χ3v) is 6.25. The molecule has 146 valence electrons. The fraction of sp³-hybridized carbons (Fsp3) is 0.217. The smallest absolute Gasteiger partial charge is 0.206 e. The van der Waals surface area contributed by atoms with E-state index in [4.69, 9.17) is 9.47 Å². The fourth-order valence-corrected chi connectivity index (χ4v) is 4.00. The molecule has 0 radical (unpaired) electrons. The molecule has 0 atom stereocenters. The first-order valence-corrected chi connectivity index (χ1v) is 10.5. The molecule has 0 spiro atoms. The van der Waals surface area contributed by atoms with E-state index in [1.807, 2.05) is 12.1 Å². The summed E-state index contributed by atoms with van der Waals surface area (Å²) in [5.41, 5.74) is 1.07. The highest BCUT2D eigenvalue weighted by Crippen LogP contribution is 2.29. The Balaban J connectivity index is 1.79. The maximum absolute atomic E-state index is 12.9. The van der Waals surface area contributed by atoms with Crippen LogP contribution in [0.4, 0.5) is 0 Å². The highest BCUT2D eigenvalue weighted by Gasteiger charge is 2.19. The third kappa shape index (κ3) is 4.37. The van der Waals surface area contributed by atoms with Crippen molar-refractivity contribution in [3.8, 4) is 17.2 Å². The first kappa shape index (κ1) is 20.0. The van der Waals surface area contributed by atoms with Gasteiger partial charge in [0.05, 0.1) is 16.9 Å². The first-order chi connectivity index (χ1) is 13.2. The predicted molar refractivity (Wildman–Crippen MR) is 110 cm³/mol. The molecule has 0 fully saturated rings. The lowest BCUT2D eigenvalue weighted by atomic mass is 9.87. The van der Waals surface area contributed by atoms with Crippen LogP contribution in [0.3, 0.4) is 0 Å². The van der Waals surface area contributed by atoms with Crippen molar-refractivity contribution in [3.05, 3.63) is 78.4 Å².